The highest BCUT2D eigenvalue weighted by molar-refractivity contribution is 6.47. The van der Waals surface area contributed by atoms with E-state index in [1.807, 2.05) is 0 Å². The van der Waals surface area contributed by atoms with Gasteiger partial charge in [0, 0.05) is 0 Å². The number of alkyl halides is 1. The zero-order valence-electron chi connectivity index (χ0n) is 5.74. The van der Waals surface area contributed by atoms with Crippen molar-refractivity contribution in [1.29, 1.82) is 0 Å². The van der Waals surface area contributed by atoms with E-state index >= 15 is 0 Å². The summed E-state index contributed by atoms with van der Waals surface area (Å²) in [5.74, 6) is 0. The van der Waals surface area contributed by atoms with Crippen molar-refractivity contribution in [1.82, 2.24) is 0 Å². The molecule has 0 bridgehead atoms. The van der Waals surface area contributed by atoms with Crippen LogP contribution in [-0.2, 0) is 0 Å². The van der Waals surface area contributed by atoms with Gasteiger partial charge in [-0.05, 0) is 12.1 Å². The first-order valence-corrected chi connectivity index (χ1v) is 3.82. The van der Waals surface area contributed by atoms with Gasteiger partial charge in [0.25, 0.3) is 0 Å². The van der Waals surface area contributed by atoms with Crippen molar-refractivity contribution in [2.75, 3.05) is 7.18 Å². The summed E-state index contributed by atoms with van der Waals surface area (Å²) in [7, 11) is 0.500. The largest absolute Gasteiger partial charge is 0.255 e. The molecule has 0 fully saturated rings. The van der Waals surface area contributed by atoms with Gasteiger partial charge in [-0.2, -0.15) is 0 Å². The molecule has 0 aliphatic carbocycles. The van der Waals surface area contributed by atoms with E-state index in [1.54, 1.807) is 18.2 Å². The van der Waals surface area contributed by atoms with Crippen LogP contribution in [0.4, 0.5) is 4.39 Å². The molecule has 1 rings (SSSR count). The zero-order chi connectivity index (χ0) is 8.85. The lowest BCUT2D eigenvalue weighted by molar-refractivity contribution is 0.636. The minimum Gasteiger partial charge on any atom is -0.255 e. The SMILES string of the molecule is CF.Clc1cccc(Cl)c1Cl. The Labute approximate surface area is 79.9 Å². The maximum atomic E-state index is 9.50. The molecule has 1 aromatic carbocycles. The first kappa shape index (κ1) is 11.0. The van der Waals surface area contributed by atoms with E-state index in [1.165, 1.54) is 0 Å². The van der Waals surface area contributed by atoms with E-state index in [0.717, 1.165) is 0 Å². The molecule has 0 unspecified atom stereocenters. The lowest BCUT2D eigenvalue weighted by Crippen LogP contribution is -1.67. The van der Waals surface area contributed by atoms with Crippen molar-refractivity contribution >= 4 is 34.8 Å². The standard InChI is InChI=1S/C6H3Cl3.CH3F/c7-4-2-1-3-5(8)6(4)9;1-2/h1-3H;1H3. The van der Waals surface area contributed by atoms with E-state index < -0.39 is 0 Å². The lowest BCUT2D eigenvalue weighted by Gasteiger charge is -1.94. The molecule has 0 amide bonds. The molecule has 62 valence electrons. The molecule has 0 nitrogen and oxygen atoms in total. The predicted octanol–water partition coefficient (Wildman–Crippen LogP) is 4.23. The lowest BCUT2D eigenvalue weighted by atomic mass is 10.4. The second kappa shape index (κ2) is 5.64. The zero-order valence-corrected chi connectivity index (χ0v) is 8.01. The van der Waals surface area contributed by atoms with Crippen LogP contribution in [0.3, 0.4) is 0 Å². The summed E-state index contributed by atoms with van der Waals surface area (Å²) in [5.41, 5.74) is 0. The van der Waals surface area contributed by atoms with Crippen molar-refractivity contribution in [2.45, 2.75) is 0 Å². The summed E-state index contributed by atoms with van der Waals surface area (Å²) >= 11 is 16.8. The predicted molar refractivity (Wildman–Crippen MR) is 48.5 cm³/mol. The minimum atomic E-state index is 0.417. The molecule has 0 atom stereocenters. The molecule has 0 aromatic heterocycles. The van der Waals surface area contributed by atoms with Crippen molar-refractivity contribution in [3.05, 3.63) is 33.3 Å². The molecule has 1 aromatic rings. The van der Waals surface area contributed by atoms with Crippen LogP contribution in [0.1, 0.15) is 0 Å². The van der Waals surface area contributed by atoms with E-state index in [9.17, 15) is 4.39 Å². The first-order chi connectivity index (χ1) is 5.22. The third kappa shape index (κ3) is 3.28. The van der Waals surface area contributed by atoms with Gasteiger partial charge < -0.3 is 0 Å². The Morgan fingerprint density at radius 3 is 1.64 bits per heavy atom. The third-order valence-corrected chi connectivity index (χ3v) is 2.14. The van der Waals surface area contributed by atoms with Gasteiger partial charge in [0.05, 0.1) is 22.2 Å². The summed E-state index contributed by atoms with van der Waals surface area (Å²) < 4.78 is 9.50. The number of hydrogen-bond acceptors (Lipinski definition) is 0. The quantitative estimate of drug-likeness (QED) is 0.568. The van der Waals surface area contributed by atoms with Gasteiger partial charge >= 0.3 is 0 Å². The molecule has 0 radical (unpaired) electrons. The van der Waals surface area contributed by atoms with Crippen LogP contribution in [0, 0.1) is 0 Å². The molecule has 0 aliphatic heterocycles. The number of rotatable bonds is 0. The molecular weight excluding hydrogens is 209 g/mol. The highest BCUT2D eigenvalue weighted by Crippen LogP contribution is 2.28. The Kier molecular flexibility index (Phi) is 5.65. The monoisotopic (exact) mass is 214 g/mol. The molecule has 0 saturated carbocycles. The Hall–Kier alpha value is 0.0200. The van der Waals surface area contributed by atoms with E-state index in [0.29, 0.717) is 22.2 Å². The van der Waals surface area contributed by atoms with Gasteiger partial charge in [-0.25, -0.2) is 0 Å². The fraction of sp³-hybridized carbons (Fsp3) is 0.143. The van der Waals surface area contributed by atoms with Gasteiger partial charge in [-0.3, -0.25) is 4.39 Å². The first-order valence-electron chi connectivity index (χ1n) is 2.69. The molecule has 0 saturated heterocycles. The fourth-order valence-corrected chi connectivity index (χ4v) is 1.00. The summed E-state index contributed by atoms with van der Waals surface area (Å²) in [6.07, 6.45) is 0. The Balaban J connectivity index is 0.000000461. The molecule has 0 aliphatic rings. The fourth-order valence-electron chi connectivity index (χ4n) is 0.477. The van der Waals surface area contributed by atoms with Crippen molar-refractivity contribution < 1.29 is 4.39 Å². The summed E-state index contributed by atoms with van der Waals surface area (Å²) in [4.78, 5) is 0. The highest BCUT2D eigenvalue weighted by atomic mass is 35.5. The number of hydrogen-bond donors (Lipinski definition) is 0. The Morgan fingerprint density at radius 2 is 1.36 bits per heavy atom. The van der Waals surface area contributed by atoms with Crippen LogP contribution in [0.15, 0.2) is 18.2 Å². The van der Waals surface area contributed by atoms with Gasteiger partial charge in [0.15, 0.2) is 0 Å². The van der Waals surface area contributed by atoms with Gasteiger partial charge in [0.1, 0.15) is 0 Å². The summed E-state index contributed by atoms with van der Waals surface area (Å²) in [5, 5.41) is 1.40. The third-order valence-electron chi connectivity index (χ3n) is 0.904. The second-order valence-electron chi connectivity index (χ2n) is 1.54. The van der Waals surface area contributed by atoms with Crippen LogP contribution in [0.5, 0.6) is 0 Å². The minimum absolute atomic E-state index is 0.417. The van der Waals surface area contributed by atoms with Crippen LogP contribution in [0.2, 0.25) is 15.1 Å². The molecule has 11 heavy (non-hydrogen) atoms. The van der Waals surface area contributed by atoms with Gasteiger partial charge in [-0.1, -0.05) is 40.9 Å². The van der Waals surface area contributed by atoms with Crippen LogP contribution < -0.4 is 0 Å². The maximum absolute atomic E-state index is 9.50. The Morgan fingerprint density at radius 1 is 1.00 bits per heavy atom. The van der Waals surface area contributed by atoms with E-state index in [4.69, 9.17) is 34.8 Å². The average Bonchev–Trinajstić information content (AvgIpc) is 2.04. The van der Waals surface area contributed by atoms with Crippen LogP contribution >= 0.6 is 34.8 Å². The topological polar surface area (TPSA) is 0 Å². The van der Waals surface area contributed by atoms with Crippen LogP contribution in [0.25, 0.3) is 0 Å². The molecule has 4 heteroatoms. The summed E-state index contributed by atoms with van der Waals surface area (Å²) in [6.45, 7) is 0. The molecule has 0 spiro atoms. The highest BCUT2D eigenvalue weighted by Gasteiger charge is 1.98. The van der Waals surface area contributed by atoms with E-state index in [2.05, 4.69) is 0 Å². The number of benzene rings is 1. The van der Waals surface area contributed by atoms with E-state index in [-0.39, 0.29) is 0 Å². The van der Waals surface area contributed by atoms with Crippen molar-refractivity contribution in [3.8, 4) is 0 Å². The average molecular weight is 215 g/mol. The smallest absolute Gasteiger partial charge is 0.0785 e. The number of halogens is 4. The second-order valence-corrected chi connectivity index (χ2v) is 2.73. The van der Waals surface area contributed by atoms with Crippen molar-refractivity contribution in [3.63, 3.8) is 0 Å². The molecule has 0 heterocycles. The molecule has 0 N–H and O–H groups in total. The summed E-state index contributed by atoms with van der Waals surface area (Å²) in [6, 6.07) is 5.13. The van der Waals surface area contributed by atoms with Crippen LogP contribution in [-0.4, -0.2) is 7.18 Å². The van der Waals surface area contributed by atoms with Gasteiger partial charge in [0.2, 0.25) is 0 Å². The maximum Gasteiger partial charge on any atom is 0.0785 e. The molecular formula is C7H6Cl3F. The van der Waals surface area contributed by atoms with Gasteiger partial charge in [-0.15, -0.1) is 0 Å². The normalized spacial score (nSPS) is 8.45. The Bertz CT molecular complexity index is 205. The van der Waals surface area contributed by atoms with Crippen molar-refractivity contribution in [2.24, 2.45) is 0 Å².